The molecule has 1 heterocycles. The second kappa shape index (κ2) is 8.58. The molecule has 0 aromatic heterocycles. The Morgan fingerprint density at radius 1 is 1.06 bits per heavy atom. The van der Waals surface area contributed by atoms with Crippen LogP contribution in [0.15, 0.2) is 82.0 Å². The topological polar surface area (TPSA) is 48.3 Å². The second-order valence-electron chi connectivity index (χ2n) is 9.43. The van der Waals surface area contributed by atoms with E-state index in [2.05, 4.69) is 26.8 Å². The van der Waals surface area contributed by atoms with Crippen LogP contribution in [0.3, 0.4) is 0 Å². The fourth-order valence-electron chi connectivity index (χ4n) is 4.29. The van der Waals surface area contributed by atoms with Gasteiger partial charge in [-0.15, -0.1) is 0 Å². The maximum atomic E-state index is 13.4. The Labute approximate surface area is 190 Å². The van der Waals surface area contributed by atoms with Crippen LogP contribution >= 0.6 is 0 Å². The lowest BCUT2D eigenvalue weighted by Gasteiger charge is -2.28. The predicted molar refractivity (Wildman–Crippen MR) is 133 cm³/mol. The largest absolute Gasteiger partial charge is 0.378 e. The van der Waals surface area contributed by atoms with E-state index in [0.29, 0.717) is 11.5 Å². The van der Waals surface area contributed by atoms with Gasteiger partial charge in [-0.1, -0.05) is 68.0 Å². The van der Waals surface area contributed by atoms with Crippen molar-refractivity contribution in [1.82, 2.24) is 5.01 Å². The maximum Gasteiger partial charge on any atom is 0.298 e. The number of rotatable bonds is 4. The van der Waals surface area contributed by atoms with E-state index in [0.717, 1.165) is 35.4 Å². The molecule has 1 amide bonds. The molecular weight excluding hydrogens is 396 g/mol. The SMILES string of the molecule is CC1=CC(C)(C)C/C(=N/N2C(=O)/C(=C\c3ccc(N(C)C)cc3)N=C2c2ccccc2)C1. The van der Waals surface area contributed by atoms with Gasteiger partial charge in [0.25, 0.3) is 5.91 Å². The number of allylic oxidation sites excluding steroid dienone is 2. The van der Waals surface area contributed by atoms with Crippen molar-refractivity contribution in [1.29, 1.82) is 0 Å². The number of carbonyl (C=O) groups is 1. The Morgan fingerprint density at radius 2 is 1.75 bits per heavy atom. The Hall–Kier alpha value is -3.47. The molecule has 0 bridgehead atoms. The van der Waals surface area contributed by atoms with Crippen LogP contribution < -0.4 is 4.90 Å². The molecule has 2 aromatic rings. The van der Waals surface area contributed by atoms with E-state index in [-0.39, 0.29) is 11.3 Å². The fraction of sp³-hybridized carbons (Fsp3) is 0.296. The Kier molecular flexibility index (Phi) is 5.83. The number of benzene rings is 2. The summed E-state index contributed by atoms with van der Waals surface area (Å²) in [7, 11) is 4.01. The van der Waals surface area contributed by atoms with Crippen LogP contribution in [0.1, 0.15) is 44.7 Å². The first-order valence-electron chi connectivity index (χ1n) is 10.9. The summed E-state index contributed by atoms with van der Waals surface area (Å²) in [5.74, 6) is 0.377. The average molecular weight is 427 g/mol. The van der Waals surface area contributed by atoms with Gasteiger partial charge in [-0.05, 0) is 42.5 Å². The summed E-state index contributed by atoms with van der Waals surface area (Å²) < 4.78 is 0. The first-order valence-corrected chi connectivity index (χ1v) is 10.9. The highest BCUT2D eigenvalue weighted by Crippen LogP contribution is 2.32. The van der Waals surface area contributed by atoms with E-state index in [9.17, 15) is 4.79 Å². The summed E-state index contributed by atoms with van der Waals surface area (Å²) >= 11 is 0. The Balaban J connectivity index is 1.72. The van der Waals surface area contributed by atoms with Crippen molar-refractivity contribution >= 4 is 29.2 Å². The summed E-state index contributed by atoms with van der Waals surface area (Å²) in [5.41, 5.74) is 5.62. The molecule has 0 atom stereocenters. The first-order chi connectivity index (χ1) is 15.2. The van der Waals surface area contributed by atoms with Crippen molar-refractivity contribution in [2.45, 2.75) is 33.6 Å². The van der Waals surface area contributed by atoms with Gasteiger partial charge in [-0.2, -0.15) is 10.1 Å². The highest BCUT2D eigenvalue weighted by molar-refractivity contribution is 6.20. The minimum Gasteiger partial charge on any atom is -0.378 e. The van der Waals surface area contributed by atoms with Crippen LogP contribution in [-0.2, 0) is 4.79 Å². The van der Waals surface area contributed by atoms with E-state index in [1.54, 1.807) is 0 Å². The number of nitrogens with zero attached hydrogens (tertiary/aromatic N) is 4. The Bertz CT molecular complexity index is 1140. The number of hydrogen-bond acceptors (Lipinski definition) is 4. The average Bonchev–Trinajstić information content (AvgIpc) is 3.03. The monoisotopic (exact) mass is 426 g/mol. The predicted octanol–water partition coefficient (Wildman–Crippen LogP) is 5.50. The molecule has 5 heteroatoms. The van der Waals surface area contributed by atoms with Gasteiger partial charge in [0.1, 0.15) is 5.70 Å². The first kappa shape index (κ1) is 21.8. The van der Waals surface area contributed by atoms with Crippen molar-refractivity contribution in [2.24, 2.45) is 15.5 Å². The standard InChI is InChI=1S/C27H30N4O/c1-19-15-22(18-27(2,3)17-19)29-31-25(21-9-7-6-8-10-21)28-24(26(31)32)16-20-11-13-23(14-12-20)30(4)5/h6-14,16-17H,15,18H2,1-5H3/b24-16+,29-22+. The number of aliphatic imine (C=N–C) groups is 1. The number of anilines is 1. The molecule has 1 aliphatic heterocycles. The molecule has 0 unspecified atom stereocenters. The van der Waals surface area contributed by atoms with Gasteiger partial charge in [0, 0.05) is 37.5 Å². The van der Waals surface area contributed by atoms with Crippen molar-refractivity contribution in [2.75, 3.05) is 19.0 Å². The van der Waals surface area contributed by atoms with E-state index in [4.69, 9.17) is 10.1 Å². The molecule has 2 aliphatic rings. The number of carbonyl (C=O) groups excluding carboxylic acids is 1. The molecule has 164 valence electrons. The van der Waals surface area contributed by atoms with Crippen LogP contribution in [0.25, 0.3) is 6.08 Å². The summed E-state index contributed by atoms with van der Waals surface area (Å²) in [4.78, 5) is 20.2. The third-order valence-corrected chi connectivity index (χ3v) is 5.60. The molecule has 0 saturated heterocycles. The quantitative estimate of drug-likeness (QED) is 0.478. The van der Waals surface area contributed by atoms with Crippen molar-refractivity contribution < 1.29 is 4.79 Å². The van der Waals surface area contributed by atoms with Crippen molar-refractivity contribution in [3.8, 4) is 0 Å². The molecule has 0 fully saturated rings. The summed E-state index contributed by atoms with van der Waals surface area (Å²) in [6.07, 6.45) is 5.73. The van der Waals surface area contributed by atoms with Gasteiger partial charge >= 0.3 is 0 Å². The normalized spacial score (nSPS) is 20.5. The zero-order chi connectivity index (χ0) is 22.9. The van der Waals surface area contributed by atoms with Crippen LogP contribution in [0, 0.1) is 5.41 Å². The Morgan fingerprint density at radius 3 is 2.38 bits per heavy atom. The summed E-state index contributed by atoms with van der Waals surface area (Å²) in [6.45, 7) is 6.52. The van der Waals surface area contributed by atoms with Crippen LogP contribution in [0.5, 0.6) is 0 Å². The van der Waals surface area contributed by atoms with Gasteiger partial charge in [0.15, 0.2) is 5.84 Å². The van der Waals surface area contributed by atoms with Crippen LogP contribution in [-0.4, -0.2) is 36.6 Å². The van der Waals surface area contributed by atoms with Crippen molar-refractivity contribution in [3.63, 3.8) is 0 Å². The molecule has 0 spiro atoms. The van der Waals surface area contributed by atoms with Crippen molar-refractivity contribution in [3.05, 3.63) is 83.1 Å². The molecule has 2 aromatic carbocycles. The second-order valence-corrected chi connectivity index (χ2v) is 9.43. The van der Waals surface area contributed by atoms with Gasteiger partial charge in [0.2, 0.25) is 0 Å². The smallest absolute Gasteiger partial charge is 0.298 e. The summed E-state index contributed by atoms with van der Waals surface area (Å²) in [6, 6.07) is 17.8. The minimum atomic E-state index is -0.196. The van der Waals surface area contributed by atoms with Crippen LogP contribution in [0.4, 0.5) is 5.69 Å². The molecule has 5 nitrogen and oxygen atoms in total. The van der Waals surface area contributed by atoms with E-state index in [1.165, 1.54) is 10.6 Å². The lowest BCUT2D eigenvalue weighted by atomic mass is 9.79. The van der Waals surface area contributed by atoms with Gasteiger partial charge in [-0.3, -0.25) is 4.79 Å². The number of hydrazone groups is 1. The van der Waals surface area contributed by atoms with Gasteiger partial charge < -0.3 is 4.90 Å². The molecule has 1 aliphatic carbocycles. The third-order valence-electron chi connectivity index (χ3n) is 5.60. The van der Waals surface area contributed by atoms with E-state index in [1.807, 2.05) is 79.7 Å². The zero-order valence-corrected chi connectivity index (χ0v) is 19.5. The highest BCUT2D eigenvalue weighted by Gasteiger charge is 2.33. The molecule has 4 rings (SSSR count). The molecule has 32 heavy (non-hydrogen) atoms. The molecular formula is C27H30N4O. The molecule has 0 saturated carbocycles. The molecule has 0 radical (unpaired) electrons. The number of hydrogen-bond donors (Lipinski definition) is 0. The fourth-order valence-corrected chi connectivity index (χ4v) is 4.29. The lowest BCUT2D eigenvalue weighted by Crippen LogP contribution is -2.31. The maximum absolute atomic E-state index is 13.4. The van der Waals surface area contributed by atoms with E-state index >= 15 is 0 Å². The lowest BCUT2D eigenvalue weighted by molar-refractivity contribution is -0.122. The van der Waals surface area contributed by atoms with Gasteiger partial charge in [-0.25, -0.2) is 4.99 Å². The number of amidine groups is 1. The summed E-state index contributed by atoms with van der Waals surface area (Å²) in [5, 5.41) is 6.32. The highest BCUT2D eigenvalue weighted by atomic mass is 16.2. The van der Waals surface area contributed by atoms with Crippen LogP contribution in [0.2, 0.25) is 0 Å². The minimum absolute atomic E-state index is 0.0286. The third kappa shape index (κ3) is 4.72. The molecule has 0 N–H and O–H groups in total. The van der Waals surface area contributed by atoms with Gasteiger partial charge in [0.05, 0.1) is 0 Å². The number of amides is 1. The van der Waals surface area contributed by atoms with E-state index < -0.39 is 0 Å². The zero-order valence-electron chi connectivity index (χ0n) is 19.5.